The molecule has 1 amide bonds. The van der Waals surface area contributed by atoms with Crippen LogP contribution < -0.4 is 10.1 Å². The molecule has 25 heavy (non-hydrogen) atoms. The number of amides is 1. The van der Waals surface area contributed by atoms with Gasteiger partial charge in [0.1, 0.15) is 5.75 Å². The van der Waals surface area contributed by atoms with Crippen LogP contribution in [-0.2, 0) is 24.2 Å². The van der Waals surface area contributed by atoms with Crippen LogP contribution in [0.25, 0.3) is 0 Å². The van der Waals surface area contributed by atoms with Crippen molar-refractivity contribution in [3.8, 4) is 5.75 Å². The zero-order chi connectivity index (χ0) is 17.1. The summed E-state index contributed by atoms with van der Waals surface area (Å²) in [5.74, 6) is 1.44. The Hall–Kier alpha value is -2.33. The first-order valence-corrected chi connectivity index (χ1v) is 9.04. The van der Waals surface area contributed by atoms with E-state index in [0.29, 0.717) is 25.6 Å². The molecule has 0 aliphatic carbocycles. The lowest BCUT2D eigenvalue weighted by Crippen LogP contribution is -2.42. The van der Waals surface area contributed by atoms with Gasteiger partial charge in [-0.25, -0.2) is 0 Å². The number of carbonyl (C=O) groups is 1. The van der Waals surface area contributed by atoms with E-state index in [-0.39, 0.29) is 5.91 Å². The highest BCUT2D eigenvalue weighted by Gasteiger charge is 2.21. The Morgan fingerprint density at radius 2 is 1.84 bits per heavy atom. The van der Waals surface area contributed by atoms with Crippen molar-refractivity contribution in [2.45, 2.75) is 19.4 Å². The van der Waals surface area contributed by atoms with Gasteiger partial charge in [0.15, 0.2) is 0 Å². The normalized spacial score (nSPS) is 19.4. The van der Waals surface area contributed by atoms with Crippen LogP contribution in [0.15, 0.2) is 48.5 Å². The first-order chi connectivity index (χ1) is 12.3. The van der Waals surface area contributed by atoms with Crippen molar-refractivity contribution >= 4 is 5.91 Å². The fourth-order valence-electron chi connectivity index (χ4n) is 3.73. The van der Waals surface area contributed by atoms with Crippen molar-refractivity contribution in [1.82, 2.24) is 10.2 Å². The van der Waals surface area contributed by atoms with E-state index in [0.717, 1.165) is 31.7 Å². The van der Waals surface area contributed by atoms with E-state index < -0.39 is 0 Å². The Kier molecular flexibility index (Phi) is 4.70. The SMILES string of the molecule is O=C(CN1CCc2ccccc2C1)NCC1COc2ccccc2C1. The van der Waals surface area contributed by atoms with Crippen molar-refractivity contribution in [2.75, 3.05) is 26.2 Å². The van der Waals surface area contributed by atoms with Crippen LogP contribution in [0.1, 0.15) is 16.7 Å². The second kappa shape index (κ2) is 7.28. The summed E-state index contributed by atoms with van der Waals surface area (Å²) in [4.78, 5) is 14.5. The minimum atomic E-state index is 0.109. The van der Waals surface area contributed by atoms with Crippen molar-refractivity contribution in [3.05, 3.63) is 65.2 Å². The molecule has 0 saturated carbocycles. The van der Waals surface area contributed by atoms with Crippen LogP contribution in [0.2, 0.25) is 0 Å². The van der Waals surface area contributed by atoms with Gasteiger partial charge < -0.3 is 10.1 Å². The summed E-state index contributed by atoms with van der Waals surface area (Å²) < 4.78 is 5.80. The lowest BCUT2D eigenvalue weighted by atomic mass is 9.97. The Morgan fingerprint density at radius 1 is 1.08 bits per heavy atom. The van der Waals surface area contributed by atoms with Crippen LogP contribution in [0.5, 0.6) is 5.75 Å². The van der Waals surface area contributed by atoms with Gasteiger partial charge in [0, 0.05) is 25.6 Å². The molecular formula is C21H24N2O2. The number of nitrogens with one attached hydrogen (secondary N) is 1. The van der Waals surface area contributed by atoms with Crippen molar-refractivity contribution in [2.24, 2.45) is 5.92 Å². The first-order valence-electron chi connectivity index (χ1n) is 9.04. The van der Waals surface area contributed by atoms with E-state index >= 15 is 0 Å². The summed E-state index contributed by atoms with van der Waals surface area (Å²) in [5.41, 5.74) is 4.00. The summed E-state index contributed by atoms with van der Waals surface area (Å²) in [5, 5.41) is 3.09. The number of carbonyl (C=O) groups excluding carboxylic acids is 1. The van der Waals surface area contributed by atoms with Gasteiger partial charge in [-0.1, -0.05) is 42.5 Å². The highest BCUT2D eigenvalue weighted by atomic mass is 16.5. The maximum atomic E-state index is 12.3. The Balaban J connectivity index is 1.25. The van der Waals surface area contributed by atoms with E-state index in [4.69, 9.17) is 4.74 Å². The summed E-state index contributed by atoms with van der Waals surface area (Å²) in [6.07, 6.45) is 1.99. The summed E-state index contributed by atoms with van der Waals surface area (Å²) in [7, 11) is 0. The molecule has 2 aromatic rings. The molecule has 0 saturated heterocycles. The van der Waals surface area contributed by atoms with Gasteiger partial charge in [-0.05, 0) is 35.6 Å². The quantitative estimate of drug-likeness (QED) is 0.932. The molecular weight excluding hydrogens is 312 g/mol. The molecule has 2 aliphatic heterocycles. The standard InChI is InChI=1S/C21H24N2O2/c24-21(14-23-10-9-17-5-1-2-7-19(17)13-23)22-12-16-11-18-6-3-4-8-20(18)25-15-16/h1-8,16H,9-15H2,(H,22,24). The van der Waals surface area contributed by atoms with Gasteiger partial charge in [-0.3, -0.25) is 9.69 Å². The van der Waals surface area contributed by atoms with Crippen LogP contribution in [-0.4, -0.2) is 37.0 Å². The maximum absolute atomic E-state index is 12.3. The molecule has 0 radical (unpaired) electrons. The highest BCUT2D eigenvalue weighted by Crippen LogP contribution is 2.26. The van der Waals surface area contributed by atoms with Crippen LogP contribution in [0.3, 0.4) is 0 Å². The van der Waals surface area contributed by atoms with E-state index in [1.54, 1.807) is 0 Å². The second-order valence-electron chi connectivity index (χ2n) is 7.02. The number of fused-ring (bicyclic) bond motifs is 2. The molecule has 1 atom stereocenters. The Bertz CT molecular complexity index is 759. The summed E-state index contributed by atoms with van der Waals surface area (Å²) >= 11 is 0. The molecule has 0 spiro atoms. The Morgan fingerprint density at radius 3 is 2.72 bits per heavy atom. The van der Waals surface area contributed by atoms with E-state index in [2.05, 4.69) is 40.5 Å². The van der Waals surface area contributed by atoms with Crippen LogP contribution in [0, 0.1) is 5.92 Å². The zero-order valence-electron chi connectivity index (χ0n) is 14.4. The van der Waals surface area contributed by atoms with Crippen molar-refractivity contribution in [1.29, 1.82) is 0 Å². The third-order valence-corrected chi connectivity index (χ3v) is 5.12. The number of para-hydroxylation sites is 1. The predicted octanol–water partition coefficient (Wildman–Crippen LogP) is 2.41. The minimum absolute atomic E-state index is 0.109. The number of benzene rings is 2. The topological polar surface area (TPSA) is 41.6 Å². The number of rotatable bonds is 4. The molecule has 2 heterocycles. The molecule has 0 fully saturated rings. The lowest BCUT2D eigenvalue weighted by molar-refractivity contribution is -0.122. The van der Waals surface area contributed by atoms with Crippen LogP contribution in [0.4, 0.5) is 0 Å². The third-order valence-electron chi connectivity index (χ3n) is 5.12. The number of nitrogens with zero attached hydrogens (tertiary/aromatic N) is 1. The average molecular weight is 336 g/mol. The predicted molar refractivity (Wildman–Crippen MR) is 97.6 cm³/mol. The van der Waals surface area contributed by atoms with Gasteiger partial charge in [0.2, 0.25) is 5.91 Å². The monoisotopic (exact) mass is 336 g/mol. The van der Waals surface area contributed by atoms with Gasteiger partial charge >= 0.3 is 0 Å². The lowest BCUT2D eigenvalue weighted by Gasteiger charge is -2.29. The zero-order valence-corrected chi connectivity index (χ0v) is 14.4. The van der Waals surface area contributed by atoms with Crippen LogP contribution >= 0.6 is 0 Å². The fraction of sp³-hybridized carbons (Fsp3) is 0.381. The molecule has 1 unspecified atom stereocenters. The van der Waals surface area contributed by atoms with E-state index in [9.17, 15) is 4.79 Å². The first kappa shape index (κ1) is 16.2. The van der Waals surface area contributed by atoms with Gasteiger partial charge in [-0.15, -0.1) is 0 Å². The molecule has 130 valence electrons. The molecule has 1 N–H and O–H groups in total. The molecule has 4 rings (SSSR count). The maximum Gasteiger partial charge on any atom is 0.234 e. The van der Waals surface area contributed by atoms with Gasteiger partial charge in [0.05, 0.1) is 13.2 Å². The second-order valence-corrected chi connectivity index (χ2v) is 7.02. The van der Waals surface area contributed by atoms with E-state index in [1.807, 2.05) is 18.2 Å². The Labute approximate surface area is 148 Å². The smallest absolute Gasteiger partial charge is 0.234 e. The number of hydrogen-bond donors (Lipinski definition) is 1. The van der Waals surface area contributed by atoms with Crippen molar-refractivity contribution < 1.29 is 9.53 Å². The van der Waals surface area contributed by atoms with E-state index in [1.165, 1.54) is 16.7 Å². The molecule has 0 bridgehead atoms. The summed E-state index contributed by atoms with van der Waals surface area (Å²) in [6.45, 7) is 3.64. The molecule has 0 aromatic heterocycles. The van der Waals surface area contributed by atoms with Gasteiger partial charge in [0.25, 0.3) is 0 Å². The molecule has 2 aromatic carbocycles. The summed E-state index contributed by atoms with van der Waals surface area (Å²) in [6, 6.07) is 16.7. The van der Waals surface area contributed by atoms with Gasteiger partial charge in [-0.2, -0.15) is 0 Å². The number of ether oxygens (including phenoxy) is 1. The molecule has 4 nitrogen and oxygen atoms in total. The largest absolute Gasteiger partial charge is 0.493 e. The van der Waals surface area contributed by atoms with Crippen molar-refractivity contribution in [3.63, 3.8) is 0 Å². The minimum Gasteiger partial charge on any atom is -0.493 e. The molecule has 2 aliphatic rings. The third kappa shape index (κ3) is 3.85. The fourth-order valence-corrected chi connectivity index (χ4v) is 3.73. The number of hydrogen-bond acceptors (Lipinski definition) is 3. The molecule has 4 heteroatoms. The average Bonchev–Trinajstić information content (AvgIpc) is 2.66. The highest BCUT2D eigenvalue weighted by molar-refractivity contribution is 5.78.